The molecule has 0 aromatic rings. The molecule has 1 heterocycles. The topological polar surface area (TPSA) is 149 Å². The summed E-state index contributed by atoms with van der Waals surface area (Å²) in [6.07, 6.45) is 1.58. The van der Waals surface area contributed by atoms with Gasteiger partial charge in [0.25, 0.3) is 0 Å². The molecular weight excluding hydrogens is 444 g/mol. The van der Waals surface area contributed by atoms with Gasteiger partial charge in [-0.15, -0.1) is 0 Å². The van der Waals surface area contributed by atoms with Crippen LogP contribution >= 0.6 is 0 Å². The van der Waals surface area contributed by atoms with Gasteiger partial charge in [-0.1, -0.05) is 13.3 Å². The first-order valence-electron chi connectivity index (χ1n) is 11.6. The van der Waals surface area contributed by atoms with Crippen LogP contribution < -0.4 is 16.4 Å². The summed E-state index contributed by atoms with van der Waals surface area (Å²) in [6.45, 7) is 14.1. The molecule has 1 aliphatic rings. The number of nitrogens with one attached hydrogen (secondary N) is 2. The van der Waals surface area contributed by atoms with Gasteiger partial charge in [0.05, 0.1) is 13.7 Å². The molecule has 0 aromatic carbocycles. The van der Waals surface area contributed by atoms with Crippen LogP contribution in [0, 0.1) is 0 Å². The molecule has 3 amide bonds. The summed E-state index contributed by atoms with van der Waals surface area (Å²) in [5, 5.41) is 5.29. The summed E-state index contributed by atoms with van der Waals surface area (Å²) in [4.78, 5) is 48.3. The Balaban J connectivity index is 0.000000770. The number of hydrogen-bond donors (Lipinski definition) is 3. The van der Waals surface area contributed by atoms with Crippen LogP contribution in [0.15, 0.2) is 0 Å². The fraction of sp³-hybridized carbons (Fsp3) is 0.826. The number of piperidine rings is 1. The maximum Gasteiger partial charge on any atom is 0.408 e. The van der Waals surface area contributed by atoms with Crippen molar-refractivity contribution < 1.29 is 33.4 Å². The monoisotopic (exact) mass is 488 g/mol. The van der Waals surface area contributed by atoms with E-state index in [4.69, 9.17) is 19.9 Å². The molecule has 1 fully saturated rings. The molecule has 0 radical (unpaired) electrons. The van der Waals surface area contributed by atoms with E-state index in [0.717, 1.165) is 12.8 Å². The van der Waals surface area contributed by atoms with Crippen LogP contribution in [0.1, 0.15) is 74.1 Å². The van der Waals surface area contributed by atoms with Crippen molar-refractivity contribution in [2.75, 3.05) is 33.3 Å². The number of ether oxygens (including phenoxy) is 3. The fourth-order valence-electron chi connectivity index (χ4n) is 3.02. The molecule has 1 rings (SSSR count). The number of amides is 3. The molecule has 0 aromatic heterocycles. The third-order valence-electron chi connectivity index (χ3n) is 4.66. The zero-order chi connectivity index (χ0) is 26.6. The fourth-order valence-corrected chi connectivity index (χ4v) is 3.02. The predicted molar refractivity (Wildman–Crippen MR) is 128 cm³/mol. The number of rotatable bonds is 6. The number of hydrogen-bond acceptors (Lipinski definition) is 8. The number of carbonyl (C=O) groups is 4. The molecule has 0 spiro atoms. The Kier molecular flexibility index (Phi) is 12.9. The van der Waals surface area contributed by atoms with Crippen LogP contribution in [0.2, 0.25) is 0 Å². The minimum Gasteiger partial charge on any atom is -0.467 e. The number of carbonyl (C=O) groups excluding carboxylic acids is 4. The first-order chi connectivity index (χ1) is 15.6. The second kappa shape index (κ2) is 14.0. The van der Waals surface area contributed by atoms with E-state index < -0.39 is 28.8 Å². The number of nitrogens with two attached hydrogens (primary N) is 1. The Morgan fingerprint density at radius 2 is 1.44 bits per heavy atom. The molecule has 0 bridgehead atoms. The van der Waals surface area contributed by atoms with E-state index in [2.05, 4.69) is 17.6 Å². The van der Waals surface area contributed by atoms with Gasteiger partial charge in [-0.25, -0.2) is 14.4 Å². The number of esters is 1. The highest BCUT2D eigenvalue weighted by Gasteiger charge is 2.45. The highest BCUT2D eigenvalue weighted by molar-refractivity contribution is 5.86. The Hall–Kier alpha value is -2.56. The molecule has 1 saturated heterocycles. The molecular formula is C23H44N4O7. The van der Waals surface area contributed by atoms with Crippen molar-refractivity contribution in [2.24, 2.45) is 5.73 Å². The van der Waals surface area contributed by atoms with Gasteiger partial charge in [0.2, 0.25) is 5.91 Å². The van der Waals surface area contributed by atoms with Crippen LogP contribution in [0.3, 0.4) is 0 Å². The molecule has 198 valence electrons. The van der Waals surface area contributed by atoms with E-state index in [9.17, 15) is 19.2 Å². The first-order valence-corrected chi connectivity index (χ1v) is 11.6. The second-order valence-corrected chi connectivity index (χ2v) is 10.1. The molecule has 1 aliphatic heterocycles. The average Bonchev–Trinajstić information content (AvgIpc) is 2.71. The van der Waals surface area contributed by atoms with Crippen molar-refractivity contribution in [1.82, 2.24) is 15.5 Å². The maximum atomic E-state index is 12.1. The Morgan fingerprint density at radius 3 is 1.85 bits per heavy atom. The summed E-state index contributed by atoms with van der Waals surface area (Å²) in [6, 6.07) is 0. The van der Waals surface area contributed by atoms with Gasteiger partial charge in [-0.2, -0.15) is 0 Å². The highest BCUT2D eigenvalue weighted by atomic mass is 16.6. The van der Waals surface area contributed by atoms with Crippen LogP contribution in [0.5, 0.6) is 0 Å². The minimum atomic E-state index is -1.18. The van der Waals surface area contributed by atoms with Crippen LogP contribution in [0.25, 0.3) is 0 Å². The van der Waals surface area contributed by atoms with Crippen molar-refractivity contribution in [2.45, 2.75) is 90.9 Å². The molecule has 34 heavy (non-hydrogen) atoms. The van der Waals surface area contributed by atoms with Gasteiger partial charge in [0.15, 0.2) is 0 Å². The third-order valence-corrected chi connectivity index (χ3v) is 4.66. The second-order valence-electron chi connectivity index (χ2n) is 10.1. The van der Waals surface area contributed by atoms with Gasteiger partial charge in [0, 0.05) is 19.6 Å². The maximum absolute atomic E-state index is 12.1. The van der Waals surface area contributed by atoms with E-state index in [1.807, 2.05) is 20.8 Å². The van der Waals surface area contributed by atoms with E-state index >= 15 is 0 Å². The first kappa shape index (κ1) is 31.4. The molecule has 0 unspecified atom stereocenters. The number of unbranched alkanes of at least 4 members (excludes halogenated alkanes) is 1. The van der Waals surface area contributed by atoms with E-state index in [1.165, 1.54) is 7.11 Å². The van der Waals surface area contributed by atoms with E-state index in [-0.39, 0.29) is 31.4 Å². The van der Waals surface area contributed by atoms with Crippen LogP contribution in [-0.2, 0) is 23.8 Å². The lowest BCUT2D eigenvalue weighted by atomic mass is 9.87. The number of likely N-dealkylation sites (tertiary alicyclic amines) is 1. The lowest BCUT2D eigenvalue weighted by Gasteiger charge is -2.40. The SMILES string of the molecule is CCCCNC(=O)OC(C)(C)C.COC(=O)C1(NC(=O)OC(C)(C)C)CCN(C(=O)CN)CC1. The zero-order valence-corrected chi connectivity index (χ0v) is 22.0. The Labute approximate surface area is 203 Å². The lowest BCUT2D eigenvalue weighted by Crippen LogP contribution is -2.61. The number of alkyl carbamates (subject to hydrolysis) is 2. The van der Waals surface area contributed by atoms with E-state index in [0.29, 0.717) is 19.6 Å². The van der Waals surface area contributed by atoms with Gasteiger partial charge in [-0.05, 0) is 60.8 Å². The normalized spacial score (nSPS) is 15.3. The summed E-state index contributed by atoms with van der Waals surface area (Å²) in [7, 11) is 1.26. The molecule has 4 N–H and O–H groups in total. The summed E-state index contributed by atoms with van der Waals surface area (Å²) < 4.78 is 15.0. The quantitative estimate of drug-likeness (QED) is 0.293. The summed E-state index contributed by atoms with van der Waals surface area (Å²) in [5.74, 6) is -0.728. The van der Waals surface area contributed by atoms with Gasteiger partial charge < -0.3 is 35.5 Å². The summed E-state index contributed by atoms with van der Waals surface area (Å²) in [5.41, 5.74) is 3.09. The minimum absolute atomic E-state index is 0.0787. The van der Waals surface area contributed by atoms with Crippen molar-refractivity contribution in [1.29, 1.82) is 0 Å². The average molecular weight is 489 g/mol. The summed E-state index contributed by atoms with van der Waals surface area (Å²) >= 11 is 0. The smallest absolute Gasteiger partial charge is 0.408 e. The molecule has 0 saturated carbocycles. The van der Waals surface area contributed by atoms with E-state index in [1.54, 1.807) is 25.7 Å². The van der Waals surface area contributed by atoms with Crippen LogP contribution in [0.4, 0.5) is 9.59 Å². The Bertz CT molecular complexity index is 676. The number of nitrogens with zero attached hydrogens (tertiary/aromatic N) is 1. The lowest BCUT2D eigenvalue weighted by molar-refractivity contribution is -0.152. The van der Waals surface area contributed by atoms with Gasteiger partial charge in [0.1, 0.15) is 16.7 Å². The van der Waals surface area contributed by atoms with Crippen molar-refractivity contribution in [3.63, 3.8) is 0 Å². The van der Waals surface area contributed by atoms with Gasteiger partial charge >= 0.3 is 18.2 Å². The molecule has 0 aliphatic carbocycles. The zero-order valence-electron chi connectivity index (χ0n) is 22.0. The molecule has 11 heteroatoms. The molecule has 0 atom stereocenters. The third kappa shape index (κ3) is 12.6. The van der Waals surface area contributed by atoms with Crippen molar-refractivity contribution in [3.05, 3.63) is 0 Å². The predicted octanol–water partition coefficient (Wildman–Crippen LogP) is 2.32. The van der Waals surface area contributed by atoms with Crippen molar-refractivity contribution in [3.8, 4) is 0 Å². The van der Waals surface area contributed by atoms with Crippen molar-refractivity contribution >= 4 is 24.1 Å². The number of methoxy groups -OCH3 is 1. The Morgan fingerprint density at radius 1 is 0.941 bits per heavy atom. The van der Waals surface area contributed by atoms with Gasteiger partial charge in [-0.3, -0.25) is 4.79 Å². The largest absolute Gasteiger partial charge is 0.467 e. The van der Waals surface area contributed by atoms with Crippen LogP contribution in [-0.4, -0.2) is 79.0 Å². The standard InChI is InChI=1S/C14H25N3O5.C9H19NO2/c1-13(2,3)22-12(20)16-14(11(19)21-4)5-7-17(8-6-14)10(18)9-15;1-5-6-7-10-8(11)12-9(2,3)4/h5-9,15H2,1-4H3,(H,16,20);5-7H2,1-4H3,(H,10,11). The highest BCUT2D eigenvalue weighted by Crippen LogP contribution is 2.25. The molecule has 11 nitrogen and oxygen atoms in total.